The number of rotatable bonds is 2. The van der Waals surface area contributed by atoms with E-state index in [9.17, 15) is 8.42 Å². The zero-order valence-corrected chi connectivity index (χ0v) is 7.56. The maximum absolute atomic E-state index is 11.2. The molecule has 0 heterocycles. The van der Waals surface area contributed by atoms with Gasteiger partial charge in [0.05, 0.1) is 4.90 Å². The highest BCUT2D eigenvalue weighted by atomic mass is 32.2. The lowest BCUT2D eigenvalue weighted by atomic mass is 10.2. The Bertz CT molecular complexity index is 370. The van der Waals surface area contributed by atoms with E-state index in [2.05, 4.69) is 0 Å². The van der Waals surface area contributed by atoms with Crippen LogP contribution in [0, 0.1) is 6.92 Å². The molecule has 0 aliphatic carbocycles. The van der Waals surface area contributed by atoms with Crippen molar-refractivity contribution in [3.05, 3.63) is 29.8 Å². The number of nitrogens with one attached hydrogen (secondary N) is 1. The maximum Gasteiger partial charge on any atom is 0.192 e. The van der Waals surface area contributed by atoms with Crippen molar-refractivity contribution in [2.45, 2.75) is 11.8 Å². The molecule has 0 aliphatic rings. The van der Waals surface area contributed by atoms with Crippen molar-refractivity contribution in [2.24, 2.45) is 0 Å². The van der Waals surface area contributed by atoms with E-state index in [-0.39, 0.29) is 4.90 Å². The van der Waals surface area contributed by atoms with Crippen LogP contribution < -0.4 is 5.73 Å². The molecule has 3 nitrogen and oxygen atoms in total. The zero-order chi connectivity index (χ0) is 9.19. The van der Waals surface area contributed by atoms with Crippen molar-refractivity contribution in [3.8, 4) is 0 Å². The summed E-state index contributed by atoms with van der Waals surface area (Å²) in [4.78, 5) is 0.264. The van der Waals surface area contributed by atoms with Crippen LogP contribution in [0.1, 0.15) is 5.56 Å². The SMILES string of the molecule is Cc1ccccc1S(=O)(=O)C[NH]. The molecule has 0 aliphatic heterocycles. The molecule has 0 saturated heterocycles. The third kappa shape index (κ3) is 1.65. The Hall–Kier alpha value is -0.870. The van der Waals surface area contributed by atoms with Crippen LogP contribution in [-0.4, -0.2) is 14.3 Å². The summed E-state index contributed by atoms with van der Waals surface area (Å²) in [7, 11) is -3.36. The topological polar surface area (TPSA) is 57.9 Å². The van der Waals surface area contributed by atoms with E-state index in [0.29, 0.717) is 5.56 Å². The molecule has 1 N–H and O–H groups in total. The summed E-state index contributed by atoms with van der Waals surface area (Å²) in [6.07, 6.45) is 0. The minimum atomic E-state index is -3.36. The second kappa shape index (κ2) is 3.25. The van der Waals surface area contributed by atoms with Gasteiger partial charge in [0.25, 0.3) is 0 Å². The molecule has 1 radical (unpaired) electrons. The first-order valence-corrected chi connectivity index (χ1v) is 5.16. The minimum absolute atomic E-state index is 0.264. The Morgan fingerprint density at radius 1 is 1.33 bits per heavy atom. The van der Waals surface area contributed by atoms with E-state index in [1.807, 2.05) is 0 Å². The molecular formula is C8H10NO2S. The average Bonchev–Trinajstić information content (AvgIpc) is 2.05. The molecule has 4 heteroatoms. The maximum atomic E-state index is 11.2. The highest BCUT2D eigenvalue weighted by Gasteiger charge is 2.13. The van der Waals surface area contributed by atoms with Gasteiger partial charge >= 0.3 is 0 Å². The molecule has 0 fully saturated rings. The molecule has 1 aromatic rings. The molecule has 0 saturated carbocycles. The summed E-state index contributed by atoms with van der Waals surface area (Å²) >= 11 is 0. The normalized spacial score (nSPS) is 11.5. The summed E-state index contributed by atoms with van der Waals surface area (Å²) in [5, 5.41) is 0. The molecule has 65 valence electrons. The van der Waals surface area contributed by atoms with E-state index in [1.165, 1.54) is 6.07 Å². The van der Waals surface area contributed by atoms with Crippen molar-refractivity contribution < 1.29 is 8.42 Å². The highest BCUT2D eigenvalue weighted by molar-refractivity contribution is 7.91. The van der Waals surface area contributed by atoms with Crippen molar-refractivity contribution in [2.75, 3.05) is 5.88 Å². The second-order valence-corrected chi connectivity index (χ2v) is 4.48. The second-order valence-electron chi connectivity index (χ2n) is 2.52. The minimum Gasteiger partial charge on any atom is -0.241 e. The Labute approximate surface area is 72.1 Å². The van der Waals surface area contributed by atoms with Crippen LogP contribution in [0.25, 0.3) is 0 Å². The molecule has 0 spiro atoms. The van der Waals surface area contributed by atoms with Crippen molar-refractivity contribution in [1.29, 1.82) is 0 Å². The van der Waals surface area contributed by atoms with Crippen LogP contribution in [0.4, 0.5) is 0 Å². The van der Waals surface area contributed by atoms with Crippen LogP contribution in [0.5, 0.6) is 0 Å². The van der Waals surface area contributed by atoms with Crippen LogP contribution in [0.15, 0.2) is 29.2 Å². The third-order valence-corrected chi connectivity index (χ3v) is 3.13. The van der Waals surface area contributed by atoms with Gasteiger partial charge < -0.3 is 0 Å². The van der Waals surface area contributed by atoms with E-state index < -0.39 is 15.7 Å². The van der Waals surface area contributed by atoms with E-state index >= 15 is 0 Å². The van der Waals surface area contributed by atoms with Gasteiger partial charge in [-0.2, -0.15) is 0 Å². The van der Waals surface area contributed by atoms with Crippen LogP contribution in [0.2, 0.25) is 0 Å². The van der Waals surface area contributed by atoms with Gasteiger partial charge in [-0.1, -0.05) is 18.2 Å². The Balaban J connectivity index is 3.30. The molecule has 0 amide bonds. The molecule has 0 unspecified atom stereocenters. The van der Waals surface area contributed by atoms with Crippen molar-refractivity contribution in [1.82, 2.24) is 5.73 Å². The summed E-state index contributed by atoms with van der Waals surface area (Å²) in [5.41, 5.74) is 7.55. The summed E-state index contributed by atoms with van der Waals surface area (Å²) in [6, 6.07) is 6.69. The summed E-state index contributed by atoms with van der Waals surface area (Å²) in [6.45, 7) is 1.72. The van der Waals surface area contributed by atoms with Gasteiger partial charge in [0.1, 0.15) is 5.88 Å². The Morgan fingerprint density at radius 2 is 1.92 bits per heavy atom. The molecule has 1 aromatic carbocycles. The van der Waals surface area contributed by atoms with Crippen LogP contribution in [0.3, 0.4) is 0 Å². The van der Waals surface area contributed by atoms with Gasteiger partial charge in [-0.3, -0.25) is 0 Å². The Morgan fingerprint density at radius 3 is 2.42 bits per heavy atom. The van der Waals surface area contributed by atoms with Gasteiger partial charge in [-0.15, -0.1) is 0 Å². The first-order chi connectivity index (χ1) is 5.58. The summed E-state index contributed by atoms with van der Waals surface area (Å²) in [5.74, 6) is -0.585. The zero-order valence-electron chi connectivity index (χ0n) is 6.74. The largest absolute Gasteiger partial charge is 0.241 e. The van der Waals surface area contributed by atoms with Gasteiger partial charge in [-0.05, 0) is 18.6 Å². The Kier molecular flexibility index (Phi) is 2.49. The molecule has 0 atom stereocenters. The van der Waals surface area contributed by atoms with Gasteiger partial charge in [0, 0.05) is 0 Å². The number of aryl methyl sites for hydroxylation is 1. The lowest BCUT2D eigenvalue weighted by Gasteiger charge is -2.03. The lowest BCUT2D eigenvalue weighted by Crippen LogP contribution is -2.08. The quantitative estimate of drug-likeness (QED) is 0.688. The monoisotopic (exact) mass is 184 g/mol. The molecule has 12 heavy (non-hydrogen) atoms. The molecule has 0 aromatic heterocycles. The van der Waals surface area contributed by atoms with Crippen LogP contribution >= 0.6 is 0 Å². The third-order valence-electron chi connectivity index (χ3n) is 1.62. The number of benzene rings is 1. The fourth-order valence-corrected chi connectivity index (χ4v) is 1.98. The smallest absolute Gasteiger partial charge is 0.192 e. The molecule has 0 bridgehead atoms. The van der Waals surface area contributed by atoms with Gasteiger partial charge in [0.2, 0.25) is 0 Å². The molecular weight excluding hydrogens is 174 g/mol. The number of hydrogen-bond acceptors (Lipinski definition) is 2. The van der Waals surface area contributed by atoms with Gasteiger partial charge in [-0.25, -0.2) is 14.2 Å². The van der Waals surface area contributed by atoms with Crippen LogP contribution in [-0.2, 0) is 9.84 Å². The number of sulfone groups is 1. The lowest BCUT2D eigenvalue weighted by molar-refractivity contribution is 0.595. The first kappa shape index (κ1) is 9.22. The van der Waals surface area contributed by atoms with Crippen molar-refractivity contribution in [3.63, 3.8) is 0 Å². The van der Waals surface area contributed by atoms with E-state index in [0.717, 1.165) is 0 Å². The van der Waals surface area contributed by atoms with Crippen molar-refractivity contribution >= 4 is 9.84 Å². The average molecular weight is 184 g/mol. The summed E-state index contributed by atoms with van der Waals surface area (Å²) < 4.78 is 22.5. The highest BCUT2D eigenvalue weighted by Crippen LogP contribution is 2.14. The first-order valence-electron chi connectivity index (χ1n) is 3.51. The standard InChI is InChI=1S/C8H10NO2S/c1-7-4-2-3-5-8(7)12(10,11)6-9/h2-5,9H,6H2,1H3. The van der Waals surface area contributed by atoms with Gasteiger partial charge in [0.15, 0.2) is 9.84 Å². The fourth-order valence-electron chi connectivity index (χ4n) is 0.983. The number of hydrogen-bond donors (Lipinski definition) is 0. The molecule has 1 rings (SSSR count). The fraction of sp³-hybridized carbons (Fsp3) is 0.250. The van der Waals surface area contributed by atoms with E-state index in [1.54, 1.807) is 25.1 Å². The van der Waals surface area contributed by atoms with E-state index in [4.69, 9.17) is 5.73 Å². The predicted octanol–water partition coefficient (Wildman–Crippen LogP) is 1.01. The predicted molar refractivity (Wildman–Crippen MR) is 46.3 cm³/mol.